The molecule has 4 rings (SSSR count). The molecule has 0 aromatic rings. The Balaban J connectivity index is 1.55. The Morgan fingerprint density at radius 1 is 1.10 bits per heavy atom. The molecule has 1 N–H and O–H groups in total. The SMILES string of the molecule is O=S(=O)(O)C(F)(F)CC1CC2CC1C1C3C=CC(C3)C21. The van der Waals surface area contributed by atoms with E-state index in [0.717, 1.165) is 12.8 Å². The van der Waals surface area contributed by atoms with Gasteiger partial charge in [-0.1, -0.05) is 12.2 Å². The van der Waals surface area contributed by atoms with E-state index in [1.165, 1.54) is 0 Å². The van der Waals surface area contributed by atoms with Crippen LogP contribution in [0.15, 0.2) is 12.2 Å². The lowest BCUT2D eigenvalue weighted by Crippen LogP contribution is -2.37. The second kappa shape index (κ2) is 3.83. The van der Waals surface area contributed by atoms with Crippen LogP contribution in [0.3, 0.4) is 0 Å². The van der Waals surface area contributed by atoms with Gasteiger partial charge in [-0.2, -0.15) is 17.2 Å². The van der Waals surface area contributed by atoms with E-state index in [1.54, 1.807) is 0 Å². The van der Waals surface area contributed by atoms with Crippen LogP contribution in [0.2, 0.25) is 0 Å². The van der Waals surface area contributed by atoms with E-state index in [2.05, 4.69) is 12.2 Å². The third-order valence-electron chi connectivity index (χ3n) is 6.28. The Morgan fingerprint density at radius 2 is 1.75 bits per heavy atom. The average Bonchev–Trinajstić information content (AvgIpc) is 3.04. The molecule has 4 aliphatic rings. The molecule has 4 aliphatic carbocycles. The van der Waals surface area contributed by atoms with Gasteiger partial charge in [0.2, 0.25) is 0 Å². The zero-order valence-corrected chi connectivity index (χ0v) is 11.8. The van der Waals surface area contributed by atoms with Crippen LogP contribution in [0.1, 0.15) is 25.7 Å². The maximum Gasteiger partial charge on any atom is 0.370 e. The lowest BCUT2D eigenvalue weighted by molar-refractivity contribution is 0.0260. The van der Waals surface area contributed by atoms with Crippen molar-refractivity contribution in [3.63, 3.8) is 0 Å². The minimum atomic E-state index is -5.29. The van der Waals surface area contributed by atoms with Gasteiger partial charge >= 0.3 is 15.4 Å². The molecule has 3 fully saturated rings. The number of fused-ring (bicyclic) bond motifs is 9. The minimum Gasteiger partial charge on any atom is -0.281 e. The van der Waals surface area contributed by atoms with Crippen LogP contribution in [0.25, 0.3) is 0 Å². The van der Waals surface area contributed by atoms with E-state index >= 15 is 0 Å². The first kappa shape index (κ1) is 13.2. The number of halogens is 2. The van der Waals surface area contributed by atoms with Crippen molar-refractivity contribution >= 4 is 10.1 Å². The minimum absolute atomic E-state index is 0.220. The van der Waals surface area contributed by atoms with Gasteiger partial charge in [-0.3, -0.25) is 4.55 Å². The first-order chi connectivity index (χ1) is 9.28. The summed E-state index contributed by atoms with van der Waals surface area (Å²) in [7, 11) is -5.29. The van der Waals surface area contributed by atoms with Gasteiger partial charge in [0.05, 0.1) is 0 Å². The fourth-order valence-electron chi connectivity index (χ4n) is 5.80. The predicted octanol–water partition coefficient (Wildman–Crippen LogP) is 2.95. The van der Waals surface area contributed by atoms with Crippen molar-refractivity contribution in [3.8, 4) is 0 Å². The molecule has 7 atom stereocenters. The molecule has 0 aromatic carbocycles. The van der Waals surface area contributed by atoms with Crippen molar-refractivity contribution in [3.05, 3.63) is 12.2 Å². The number of alkyl halides is 2. The standard InChI is InChI=1S/C14H18F2O3S/c15-14(16,20(17,18)19)6-10-4-9-5-11(10)13-8-2-1-7(3-8)12(9)13/h1-2,7-13H,3-6H2,(H,17,18,19). The lowest BCUT2D eigenvalue weighted by Gasteiger charge is -2.37. The molecule has 4 bridgehead atoms. The zero-order valence-electron chi connectivity index (χ0n) is 11.0. The van der Waals surface area contributed by atoms with Gasteiger partial charge in [0.15, 0.2) is 0 Å². The van der Waals surface area contributed by atoms with E-state index in [-0.39, 0.29) is 11.8 Å². The van der Waals surface area contributed by atoms with Gasteiger partial charge in [0, 0.05) is 6.42 Å². The zero-order chi connectivity index (χ0) is 14.3. The molecular formula is C14H18F2O3S. The van der Waals surface area contributed by atoms with Crippen molar-refractivity contribution in [1.82, 2.24) is 0 Å². The Kier molecular flexibility index (Phi) is 2.52. The van der Waals surface area contributed by atoms with E-state index in [4.69, 9.17) is 4.55 Å². The molecule has 3 saturated carbocycles. The van der Waals surface area contributed by atoms with Crippen molar-refractivity contribution in [2.24, 2.45) is 41.4 Å². The van der Waals surface area contributed by atoms with Crippen LogP contribution in [0.5, 0.6) is 0 Å². The molecule has 6 heteroatoms. The first-order valence-electron chi connectivity index (χ1n) is 7.31. The summed E-state index contributed by atoms with van der Waals surface area (Å²) in [5.74, 6) is 2.71. The molecule has 0 saturated heterocycles. The van der Waals surface area contributed by atoms with Gasteiger partial charge in [-0.05, 0) is 60.7 Å². The Labute approximate surface area is 117 Å². The monoisotopic (exact) mass is 304 g/mol. The fraction of sp³-hybridized carbons (Fsp3) is 0.857. The highest BCUT2D eigenvalue weighted by atomic mass is 32.2. The quantitative estimate of drug-likeness (QED) is 0.495. The predicted molar refractivity (Wildman–Crippen MR) is 68.5 cm³/mol. The summed E-state index contributed by atoms with van der Waals surface area (Å²) < 4.78 is 57.4. The number of hydrogen-bond acceptors (Lipinski definition) is 2. The van der Waals surface area contributed by atoms with Crippen LogP contribution < -0.4 is 0 Å². The third kappa shape index (κ3) is 1.61. The summed E-state index contributed by atoms with van der Waals surface area (Å²) in [6.45, 7) is 0. The van der Waals surface area contributed by atoms with Crippen molar-refractivity contribution < 1.29 is 21.8 Å². The average molecular weight is 304 g/mol. The van der Waals surface area contributed by atoms with Gasteiger partial charge in [-0.25, -0.2) is 0 Å². The molecule has 0 radical (unpaired) electrons. The number of rotatable bonds is 3. The van der Waals surface area contributed by atoms with E-state index in [0.29, 0.717) is 36.0 Å². The number of hydrogen-bond donors (Lipinski definition) is 1. The van der Waals surface area contributed by atoms with Crippen LogP contribution in [-0.4, -0.2) is 18.2 Å². The highest BCUT2D eigenvalue weighted by Crippen LogP contribution is 2.67. The van der Waals surface area contributed by atoms with E-state index in [9.17, 15) is 17.2 Å². The molecule has 3 nitrogen and oxygen atoms in total. The van der Waals surface area contributed by atoms with Gasteiger partial charge in [0.25, 0.3) is 0 Å². The van der Waals surface area contributed by atoms with Crippen LogP contribution in [0.4, 0.5) is 8.78 Å². The van der Waals surface area contributed by atoms with Gasteiger partial charge in [0.1, 0.15) is 0 Å². The third-order valence-corrected chi connectivity index (χ3v) is 7.21. The summed E-state index contributed by atoms with van der Waals surface area (Å²) in [6, 6.07) is 0. The maximum absolute atomic E-state index is 13.6. The van der Waals surface area contributed by atoms with Gasteiger partial charge < -0.3 is 0 Å². The molecule has 0 amide bonds. The van der Waals surface area contributed by atoms with Gasteiger partial charge in [-0.15, -0.1) is 0 Å². The second-order valence-electron chi connectivity index (χ2n) is 7.07. The molecule has 7 unspecified atom stereocenters. The summed E-state index contributed by atoms with van der Waals surface area (Å²) in [5, 5.41) is -3.99. The van der Waals surface area contributed by atoms with Crippen molar-refractivity contribution in [2.75, 3.05) is 0 Å². The normalized spacial score (nSPS) is 49.0. The summed E-state index contributed by atoms with van der Waals surface area (Å²) in [4.78, 5) is 0. The maximum atomic E-state index is 13.6. The first-order valence-corrected chi connectivity index (χ1v) is 8.75. The fourth-order valence-corrected chi connectivity index (χ4v) is 6.22. The van der Waals surface area contributed by atoms with Crippen molar-refractivity contribution in [1.29, 1.82) is 0 Å². The second-order valence-corrected chi connectivity index (χ2v) is 8.62. The summed E-state index contributed by atoms with van der Waals surface area (Å²) in [6.07, 6.45) is 6.63. The largest absolute Gasteiger partial charge is 0.370 e. The molecule has 20 heavy (non-hydrogen) atoms. The van der Waals surface area contributed by atoms with E-state index in [1.807, 2.05) is 0 Å². The summed E-state index contributed by atoms with van der Waals surface area (Å²) >= 11 is 0. The molecule has 0 aliphatic heterocycles. The Bertz CT molecular complexity index is 571. The van der Waals surface area contributed by atoms with Crippen LogP contribution in [0, 0.1) is 41.4 Å². The molecule has 112 valence electrons. The molecule has 0 heterocycles. The Hall–Kier alpha value is -0.490. The summed E-state index contributed by atoms with van der Waals surface area (Å²) in [5.41, 5.74) is 0. The van der Waals surface area contributed by atoms with Crippen LogP contribution in [-0.2, 0) is 10.1 Å². The van der Waals surface area contributed by atoms with Crippen LogP contribution >= 0.6 is 0 Å². The highest BCUT2D eigenvalue weighted by Gasteiger charge is 2.62. The molecule has 0 aromatic heterocycles. The molecule has 0 spiro atoms. The highest BCUT2D eigenvalue weighted by molar-refractivity contribution is 7.86. The topological polar surface area (TPSA) is 54.4 Å². The smallest absolute Gasteiger partial charge is 0.281 e. The van der Waals surface area contributed by atoms with E-state index < -0.39 is 21.8 Å². The van der Waals surface area contributed by atoms with Crippen molar-refractivity contribution in [2.45, 2.75) is 30.9 Å². The lowest BCUT2D eigenvalue weighted by atomic mass is 9.69. The number of allylic oxidation sites excluding steroid dienone is 2. The molecular weight excluding hydrogens is 286 g/mol. The Morgan fingerprint density at radius 3 is 2.40 bits per heavy atom.